The monoisotopic (exact) mass is 349 g/mol. The molecular weight excluding hydrogens is 322 g/mol. The fourth-order valence-corrected chi connectivity index (χ4v) is 4.47. The first-order chi connectivity index (χ1) is 11.5. The number of aromatic nitrogens is 1. The standard InChI is InChI=1S/C18H27N3O2S/c1-4-6-10-19-13-15(3)21(5-2)24(22,23)18-8-7-17-14-20-11-9-16(17)12-18/h7-9,11-12,14-15,19H,4-6,10,13H2,1-3H3/t15-/m1/s1. The number of hydrogen-bond donors (Lipinski definition) is 1. The summed E-state index contributed by atoms with van der Waals surface area (Å²) in [5.74, 6) is 0. The Labute approximate surface area is 145 Å². The molecule has 0 aliphatic rings. The first-order valence-electron chi connectivity index (χ1n) is 8.57. The molecule has 0 amide bonds. The molecule has 132 valence electrons. The normalized spacial score (nSPS) is 13.5. The molecule has 0 saturated heterocycles. The molecule has 0 aliphatic heterocycles. The molecule has 0 bridgehead atoms. The predicted octanol–water partition coefficient (Wildman–Crippen LogP) is 3.02. The summed E-state index contributed by atoms with van der Waals surface area (Å²) in [5, 5.41) is 5.16. The minimum absolute atomic E-state index is 0.0926. The zero-order chi connectivity index (χ0) is 17.6. The number of benzene rings is 1. The third-order valence-corrected chi connectivity index (χ3v) is 6.25. The molecule has 0 unspecified atom stereocenters. The lowest BCUT2D eigenvalue weighted by atomic mass is 10.2. The van der Waals surface area contributed by atoms with Crippen LogP contribution in [0.5, 0.6) is 0 Å². The van der Waals surface area contributed by atoms with Gasteiger partial charge in [0.15, 0.2) is 0 Å². The van der Waals surface area contributed by atoms with E-state index >= 15 is 0 Å². The van der Waals surface area contributed by atoms with E-state index in [0.717, 1.165) is 30.2 Å². The van der Waals surface area contributed by atoms with E-state index in [9.17, 15) is 8.42 Å². The Morgan fingerprint density at radius 2 is 2.00 bits per heavy atom. The van der Waals surface area contributed by atoms with Crippen LogP contribution in [0, 0.1) is 0 Å². The summed E-state index contributed by atoms with van der Waals surface area (Å²) in [4.78, 5) is 4.40. The summed E-state index contributed by atoms with van der Waals surface area (Å²) in [6.45, 7) is 8.00. The number of rotatable bonds is 9. The van der Waals surface area contributed by atoms with E-state index in [1.165, 1.54) is 0 Å². The molecule has 1 atom stereocenters. The molecule has 24 heavy (non-hydrogen) atoms. The van der Waals surface area contributed by atoms with E-state index in [1.54, 1.807) is 28.8 Å². The fraction of sp³-hybridized carbons (Fsp3) is 0.500. The molecule has 2 rings (SSSR count). The zero-order valence-electron chi connectivity index (χ0n) is 14.7. The van der Waals surface area contributed by atoms with Crippen molar-refractivity contribution in [2.75, 3.05) is 19.6 Å². The SMILES string of the molecule is CCCCNC[C@@H](C)N(CC)S(=O)(=O)c1ccc2cnccc2c1. The van der Waals surface area contributed by atoms with Crippen molar-refractivity contribution in [1.29, 1.82) is 0 Å². The number of unbranched alkanes of at least 4 members (excludes halogenated alkanes) is 1. The van der Waals surface area contributed by atoms with Crippen molar-refractivity contribution >= 4 is 20.8 Å². The van der Waals surface area contributed by atoms with Crippen LogP contribution in [0.1, 0.15) is 33.6 Å². The van der Waals surface area contributed by atoms with Gasteiger partial charge in [0.05, 0.1) is 4.90 Å². The second kappa shape index (κ2) is 8.55. The second-order valence-electron chi connectivity index (χ2n) is 6.00. The molecule has 1 aromatic carbocycles. The molecule has 0 fully saturated rings. The summed E-state index contributed by atoms with van der Waals surface area (Å²) in [5.41, 5.74) is 0. The summed E-state index contributed by atoms with van der Waals surface area (Å²) >= 11 is 0. The van der Waals surface area contributed by atoms with E-state index in [-0.39, 0.29) is 6.04 Å². The highest BCUT2D eigenvalue weighted by Crippen LogP contribution is 2.22. The van der Waals surface area contributed by atoms with Gasteiger partial charge in [0.25, 0.3) is 0 Å². The predicted molar refractivity (Wildman–Crippen MR) is 98.5 cm³/mol. The maximum absolute atomic E-state index is 13.0. The van der Waals surface area contributed by atoms with Crippen LogP contribution in [0.4, 0.5) is 0 Å². The minimum Gasteiger partial charge on any atom is -0.315 e. The Morgan fingerprint density at radius 3 is 2.71 bits per heavy atom. The largest absolute Gasteiger partial charge is 0.315 e. The van der Waals surface area contributed by atoms with Crippen LogP contribution < -0.4 is 5.32 Å². The van der Waals surface area contributed by atoms with Crippen LogP contribution in [0.3, 0.4) is 0 Å². The smallest absolute Gasteiger partial charge is 0.243 e. The zero-order valence-corrected chi connectivity index (χ0v) is 15.5. The average molecular weight is 350 g/mol. The average Bonchev–Trinajstić information content (AvgIpc) is 2.58. The summed E-state index contributed by atoms with van der Waals surface area (Å²) < 4.78 is 27.6. The van der Waals surface area contributed by atoms with Gasteiger partial charge in [-0.25, -0.2) is 8.42 Å². The highest BCUT2D eigenvalue weighted by Gasteiger charge is 2.27. The van der Waals surface area contributed by atoms with Gasteiger partial charge in [-0.05, 0) is 43.5 Å². The maximum Gasteiger partial charge on any atom is 0.243 e. The van der Waals surface area contributed by atoms with Gasteiger partial charge >= 0.3 is 0 Å². The molecule has 1 aromatic heterocycles. The molecule has 6 heteroatoms. The van der Waals surface area contributed by atoms with Crippen LogP contribution in [0.15, 0.2) is 41.6 Å². The van der Waals surface area contributed by atoms with Gasteiger partial charge in [-0.1, -0.05) is 26.3 Å². The third-order valence-electron chi connectivity index (χ3n) is 4.17. The van der Waals surface area contributed by atoms with E-state index in [1.807, 2.05) is 26.0 Å². The summed E-state index contributed by atoms with van der Waals surface area (Å²) in [7, 11) is -3.51. The minimum atomic E-state index is -3.51. The van der Waals surface area contributed by atoms with E-state index in [2.05, 4.69) is 17.2 Å². The first kappa shape index (κ1) is 18.8. The van der Waals surface area contributed by atoms with Crippen LogP contribution in [-0.2, 0) is 10.0 Å². The summed E-state index contributed by atoms with van der Waals surface area (Å²) in [6, 6.07) is 6.95. The number of nitrogens with zero attached hydrogens (tertiary/aromatic N) is 2. The van der Waals surface area contributed by atoms with Gasteiger partial charge in [0.1, 0.15) is 0 Å². The van der Waals surface area contributed by atoms with Crippen molar-refractivity contribution in [3.05, 3.63) is 36.7 Å². The number of likely N-dealkylation sites (N-methyl/N-ethyl adjacent to an activating group) is 1. The molecule has 5 nitrogen and oxygen atoms in total. The van der Waals surface area contributed by atoms with Crippen molar-refractivity contribution in [1.82, 2.24) is 14.6 Å². The number of pyridine rings is 1. The Balaban J connectivity index is 2.21. The highest BCUT2D eigenvalue weighted by molar-refractivity contribution is 7.89. The second-order valence-corrected chi connectivity index (χ2v) is 7.89. The molecule has 0 saturated carbocycles. The number of sulfonamides is 1. The Hall–Kier alpha value is -1.50. The Kier molecular flexibility index (Phi) is 6.71. The van der Waals surface area contributed by atoms with Gasteiger partial charge < -0.3 is 5.32 Å². The Morgan fingerprint density at radius 1 is 1.21 bits per heavy atom. The molecular formula is C18H27N3O2S. The van der Waals surface area contributed by atoms with Crippen LogP contribution >= 0.6 is 0 Å². The number of fused-ring (bicyclic) bond motifs is 1. The van der Waals surface area contributed by atoms with Gasteiger partial charge in [-0.15, -0.1) is 0 Å². The van der Waals surface area contributed by atoms with Crippen molar-refractivity contribution in [2.24, 2.45) is 0 Å². The van der Waals surface area contributed by atoms with Crippen LogP contribution in [0.2, 0.25) is 0 Å². The van der Waals surface area contributed by atoms with Crippen molar-refractivity contribution in [3.63, 3.8) is 0 Å². The van der Waals surface area contributed by atoms with Crippen molar-refractivity contribution < 1.29 is 8.42 Å². The molecule has 1 heterocycles. The third kappa shape index (κ3) is 4.32. The van der Waals surface area contributed by atoms with Gasteiger partial charge in [-0.3, -0.25) is 4.98 Å². The van der Waals surface area contributed by atoms with Gasteiger partial charge in [0, 0.05) is 36.9 Å². The lowest BCUT2D eigenvalue weighted by molar-refractivity contribution is 0.337. The molecule has 0 spiro atoms. The lowest BCUT2D eigenvalue weighted by Gasteiger charge is -2.27. The van der Waals surface area contributed by atoms with E-state index < -0.39 is 10.0 Å². The number of hydrogen-bond acceptors (Lipinski definition) is 4. The number of nitrogens with one attached hydrogen (secondary N) is 1. The molecule has 0 radical (unpaired) electrons. The fourth-order valence-electron chi connectivity index (χ4n) is 2.79. The molecule has 2 aromatic rings. The topological polar surface area (TPSA) is 62.3 Å². The lowest BCUT2D eigenvalue weighted by Crippen LogP contribution is -2.44. The van der Waals surface area contributed by atoms with Gasteiger partial charge in [0.2, 0.25) is 10.0 Å². The van der Waals surface area contributed by atoms with E-state index in [4.69, 9.17) is 0 Å². The van der Waals surface area contributed by atoms with E-state index in [0.29, 0.717) is 18.0 Å². The molecule has 1 N–H and O–H groups in total. The van der Waals surface area contributed by atoms with Crippen molar-refractivity contribution in [2.45, 2.75) is 44.6 Å². The maximum atomic E-state index is 13.0. The van der Waals surface area contributed by atoms with Crippen molar-refractivity contribution in [3.8, 4) is 0 Å². The first-order valence-corrected chi connectivity index (χ1v) is 10.0. The molecule has 0 aliphatic carbocycles. The summed E-state index contributed by atoms with van der Waals surface area (Å²) in [6.07, 6.45) is 5.65. The highest BCUT2D eigenvalue weighted by atomic mass is 32.2. The quantitative estimate of drug-likeness (QED) is 0.707. The van der Waals surface area contributed by atoms with Gasteiger partial charge in [-0.2, -0.15) is 4.31 Å². The van der Waals surface area contributed by atoms with Crippen LogP contribution in [-0.4, -0.2) is 43.4 Å². The Bertz CT molecular complexity index is 762. The van der Waals surface area contributed by atoms with Crippen LogP contribution in [0.25, 0.3) is 10.8 Å².